The molecule has 4 rings (SSSR count). The molecule has 1 heterocycles. The molecular formula is C23H21N3O3S. The van der Waals surface area contributed by atoms with E-state index in [9.17, 15) is 9.59 Å². The van der Waals surface area contributed by atoms with Gasteiger partial charge in [0.25, 0.3) is 5.91 Å². The Morgan fingerprint density at radius 3 is 2.40 bits per heavy atom. The molecule has 3 aromatic rings. The van der Waals surface area contributed by atoms with E-state index in [2.05, 4.69) is 10.6 Å². The number of anilines is 3. The molecule has 7 heteroatoms. The van der Waals surface area contributed by atoms with Crippen LogP contribution in [0.3, 0.4) is 0 Å². The normalized spacial score (nSPS) is 12.5. The molecule has 0 unspecified atom stereocenters. The van der Waals surface area contributed by atoms with Gasteiger partial charge in [0.05, 0.1) is 18.4 Å². The average Bonchev–Trinajstić information content (AvgIpc) is 2.88. The zero-order valence-corrected chi connectivity index (χ0v) is 17.5. The third kappa shape index (κ3) is 3.97. The highest BCUT2D eigenvalue weighted by Gasteiger charge is 2.26. The Labute approximate surface area is 179 Å². The molecule has 0 atom stereocenters. The predicted molar refractivity (Wildman–Crippen MR) is 120 cm³/mol. The summed E-state index contributed by atoms with van der Waals surface area (Å²) in [6.45, 7) is 2.47. The Bertz CT molecular complexity index is 1100. The van der Waals surface area contributed by atoms with Crippen molar-refractivity contribution in [2.24, 2.45) is 0 Å². The van der Waals surface area contributed by atoms with E-state index in [1.54, 1.807) is 48.0 Å². The van der Waals surface area contributed by atoms with Crippen molar-refractivity contribution in [3.05, 3.63) is 72.3 Å². The van der Waals surface area contributed by atoms with Gasteiger partial charge in [0.2, 0.25) is 0 Å². The zero-order chi connectivity index (χ0) is 21.1. The van der Waals surface area contributed by atoms with Gasteiger partial charge in [0.15, 0.2) is 0 Å². The molecule has 30 heavy (non-hydrogen) atoms. The van der Waals surface area contributed by atoms with Crippen LogP contribution in [-0.4, -0.2) is 25.6 Å². The van der Waals surface area contributed by atoms with Gasteiger partial charge in [-0.15, -0.1) is 0 Å². The van der Waals surface area contributed by atoms with Gasteiger partial charge in [-0.05, 0) is 61.5 Å². The second kappa shape index (κ2) is 8.51. The summed E-state index contributed by atoms with van der Waals surface area (Å²) >= 11 is 1.56. The van der Waals surface area contributed by atoms with Crippen LogP contribution in [0, 0.1) is 0 Å². The van der Waals surface area contributed by atoms with Crippen molar-refractivity contribution >= 4 is 40.8 Å². The second-order valence-electron chi connectivity index (χ2n) is 6.64. The highest BCUT2D eigenvalue weighted by Crippen LogP contribution is 2.42. The van der Waals surface area contributed by atoms with Gasteiger partial charge in [0.1, 0.15) is 5.75 Å². The topological polar surface area (TPSA) is 70.7 Å². The molecule has 152 valence electrons. The summed E-state index contributed by atoms with van der Waals surface area (Å²) in [7, 11) is 1.59. The van der Waals surface area contributed by atoms with Crippen LogP contribution >= 0.6 is 11.8 Å². The van der Waals surface area contributed by atoms with Gasteiger partial charge in [-0.2, -0.15) is 0 Å². The van der Waals surface area contributed by atoms with Crippen molar-refractivity contribution in [3.63, 3.8) is 0 Å². The summed E-state index contributed by atoms with van der Waals surface area (Å²) in [6.07, 6.45) is 0. The molecule has 0 saturated carbocycles. The summed E-state index contributed by atoms with van der Waals surface area (Å²) in [6, 6.07) is 19.9. The maximum atomic E-state index is 13.1. The van der Waals surface area contributed by atoms with Gasteiger partial charge in [-0.25, -0.2) is 4.79 Å². The second-order valence-corrected chi connectivity index (χ2v) is 7.72. The van der Waals surface area contributed by atoms with E-state index in [0.717, 1.165) is 21.2 Å². The molecule has 0 saturated heterocycles. The molecular weight excluding hydrogens is 398 g/mol. The van der Waals surface area contributed by atoms with Gasteiger partial charge in [-0.3, -0.25) is 4.79 Å². The summed E-state index contributed by atoms with van der Waals surface area (Å²) in [5.74, 6) is 0.675. The minimum absolute atomic E-state index is 0.0424. The maximum absolute atomic E-state index is 13.1. The Kier molecular flexibility index (Phi) is 5.63. The van der Waals surface area contributed by atoms with Crippen molar-refractivity contribution in [3.8, 4) is 5.75 Å². The number of carbonyl (C=O) groups excluding carboxylic acids is 2. The minimum Gasteiger partial charge on any atom is -0.497 e. The largest absolute Gasteiger partial charge is 0.497 e. The Morgan fingerprint density at radius 1 is 0.967 bits per heavy atom. The van der Waals surface area contributed by atoms with Gasteiger partial charge >= 0.3 is 6.03 Å². The fourth-order valence-electron chi connectivity index (χ4n) is 3.28. The predicted octanol–water partition coefficient (Wildman–Crippen LogP) is 5.47. The lowest BCUT2D eigenvalue weighted by Crippen LogP contribution is -2.30. The van der Waals surface area contributed by atoms with Crippen molar-refractivity contribution in [2.45, 2.75) is 16.7 Å². The van der Waals surface area contributed by atoms with Crippen LogP contribution in [0.5, 0.6) is 5.75 Å². The quantitative estimate of drug-likeness (QED) is 0.588. The first kappa shape index (κ1) is 19.8. The summed E-state index contributed by atoms with van der Waals surface area (Å²) < 4.78 is 5.12. The monoisotopic (exact) mass is 419 g/mol. The van der Waals surface area contributed by atoms with E-state index in [1.165, 1.54) is 0 Å². The number of nitrogens with one attached hydrogen (secondary N) is 2. The summed E-state index contributed by atoms with van der Waals surface area (Å²) in [5, 5.41) is 5.63. The Hall–Kier alpha value is -3.45. The third-order valence-corrected chi connectivity index (χ3v) is 5.90. The first-order chi connectivity index (χ1) is 14.6. The third-order valence-electron chi connectivity index (χ3n) is 4.75. The molecule has 0 aliphatic carbocycles. The molecule has 0 bridgehead atoms. The van der Waals surface area contributed by atoms with E-state index in [4.69, 9.17) is 4.74 Å². The summed E-state index contributed by atoms with van der Waals surface area (Å²) in [5.41, 5.74) is 2.73. The number of urea groups is 1. The van der Waals surface area contributed by atoms with Gasteiger partial charge in [0, 0.05) is 27.7 Å². The molecule has 0 aromatic heterocycles. The lowest BCUT2D eigenvalue weighted by atomic mass is 10.1. The fourth-order valence-corrected chi connectivity index (χ4v) is 4.34. The highest BCUT2D eigenvalue weighted by molar-refractivity contribution is 7.99. The van der Waals surface area contributed by atoms with Gasteiger partial charge in [-0.1, -0.05) is 23.9 Å². The number of methoxy groups -OCH3 is 1. The standard InChI is InChI=1S/C23H21N3O3S/c1-3-26-19-14-16(25-23(28)24-15-8-11-17(29-2)12-9-15)10-13-21(19)30-20-7-5-4-6-18(20)22(26)27/h4-14H,3H2,1-2H3,(H2,24,25,28). The van der Waals surface area contributed by atoms with E-state index in [-0.39, 0.29) is 11.9 Å². The number of carbonyl (C=O) groups is 2. The lowest BCUT2D eigenvalue weighted by Gasteiger charge is -2.22. The number of benzene rings is 3. The summed E-state index contributed by atoms with van der Waals surface area (Å²) in [4.78, 5) is 29.1. The SMILES string of the molecule is CCN1C(=O)c2ccccc2Sc2ccc(NC(=O)Nc3ccc(OC)cc3)cc21. The van der Waals surface area contributed by atoms with Crippen LogP contribution < -0.4 is 20.3 Å². The number of hydrogen-bond acceptors (Lipinski definition) is 4. The number of hydrogen-bond donors (Lipinski definition) is 2. The Morgan fingerprint density at radius 2 is 1.67 bits per heavy atom. The van der Waals surface area contributed by atoms with Crippen LogP contribution in [-0.2, 0) is 0 Å². The number of amides is 3. The zero-order valence-electron chi connectivity index (χ0n) is 16.6. The van der Waals surface area contributed by atoms with Crippen LogP contribution in [0.1, 0.15) is 17.3 Å². The molecule has 2 N–H and O–H groups in total. The minimum atomic E-state index is -0.362. The molecule has 0 radical (unpaired) electrons. The van der Waals surface area contributed by atoms with Gasteiger partial charge < -0.3 is 20.3 Å². The van der Waals surface area contributed by atoms with E-state index in [1.807, 2.05) is 49.4 Å². The number of ether oxygens (including phenoxy) is 1. The van der Waals surface area contributed by atoms with Crippen LogP contribution in [0.15, 0.2) is 76.5 Å². The smallest absolute Gasteiger partial charge is 0.323 e. The average molecular weight is 420 g/mol. The molecule has 0 fully saturated rings. The first-order valence-corrected chi connectivity index (χ1v) is 10.4. The molecule has 3 aromatic carbocycles. The van der Waals surface area contributed by atoms with Crippen molar-refractivity contribution < 1.29 is 14.3 Å². The van der Waals surface area contributed by atoms with E-state index >= 15 is 0 Å². The highest BCUT2D eigenvalue weighted by atomic mass is 32.2. The molecule has 0 spiro atoms. The Balaban J connectivity index is 1.56. The first-order valence-electron chi connectivity index (χ1n) is 9.54. The molecule has 6 nitrogen and oxygen atoms in total. The number of nitrogens with zero attached hydrogens (tertiary/aromatic N) is 1. The lowest BCUT2D eigenvalue weighted by molar-refractivity contribution is 0.0985. The van der Waals surface area contributed by atoms with Crippen LogP contribution in [0.25, 0.3) is 0 Å². The molecule has 3 amide bonds. The maximum Gasteiger partial charge on any atom is 0.323 e. The van der Waals surface area contributed by atoms with Crippen molar-refractivity contribution in [1.29, 1.82) is 0 Å². The molecule has 1 aliphatic heterocycles. The van der Waals surface area contributed by atoms with Crippen LogP contribution in [0.4, 0.5) is 21.9 Å². The van der Waals surface area contributed by atoms with Crippen molar-refractivity contribution in [2.75, 3.05) is 29.2 Å². The van der Waals surface area contributed by atoms with E-state index < -0.39 is 0 Å². The molecule has 1 aliphatic rings. The van der Waals surface area contributed by atoms with Crippen molar-refractivity contribution in [1.82, 2.24) is 0 Å². The fraction of sp³-hybridized carbons (Fsp3) is 0.130. The number of fused-ring (bicyclic) bond motifs is 2. The van der Waals surface area contributed by atoms with Crippen LogP contribution in [0.2, 0.25) is 0 Å². The number of rotatable bonds is 4. The van der Waals surface area contributed by atoms with E-state index in [0.29, 0.717) is 23.5 Å².